The lowest BCUT2D eigenvalue weighted by atomic mass is 10.1. The monoisotopic (exact) mass is 260 g/mol. The number of rotatable bonds is 3. The van der Waals surface area contributed by atoms with Crippen molar-refractivity contribution in [3.8, 4) is 6.07 Å². The van der Waals surface area contributed by atoms with E-state index < -0.39 is 18.0 Å². The number of methoxy groups -OCH3 is 1. The van der Waals surface area contributed by atoms with E-state index in [1.807, 2.05) is 0 Å². The van der Waals surface area contributed by atoms with Crippen LogP contribution in [0.15, 0.2) is 6.20 Å². The van der Waals surface area contributed by atoms with Crippen molar-refractivity contribution in [2.45, 2.75) is 12.8 Å². The number of carbonyl (C=O) groups is 1. The number of alkyl halides is 2. The number of pyridine rings is 1. The summed E-state index contributed by atoms with van der Waals surface area (Å²) in [6, 6.07) is 1.57. The Balaban J connectivity index is 3.24. The molecule has 0 N–H and O–H groups in total. The molecule has 0 aliphatic carbocycles. The van der Waals surface area contributed by atoms with Crippen LogP contribution in [0.2, 0.25) is 5.02 Å². The predicted octanol–water partition coefficient (Wildman–Crippen LogP) is 2.26. The second-order valence-electron chi connectivity index (χ2n) is 3.01. The van der Waals surface area contributed by atoms with Crippen molar-refractivity contribution in [3.05, 3.63) is 28.0 Å². The molecule has 0 aliphatic heterocycles. The van der Waals surface area contributed by atoms with Gasteiger partial charge in [-0.2, -0.15) is 5.26 Å². The smallest absolute Gasteiger partial charge is 0.311 e. The molecule has 17 heavy (non-hydrogen) atoms. The Morgan fingerprint density at radius 2 is 2.35 bits per heavy atom. The van der Waals surface area contributed by atoms with Crippen LogP contribution in [-0.2, 0) is 16.0 Å². The van der Waals surface area contributed by atoms with Crippen molar-refractivity contribution in [2.24, 2.45) is 0 Å². The summed E-state index contributed by atoms with van der Waals surface area (Å²) < 4.78 is 29.8. The van der Waals surface area contributed by atoms with Crippen LogP contribution < -0.4 is 0 Å². The van der Waals surface area contributed by atoms with Crippen LogP contribution in [-0.4, -0.2) is 18.1 Å². The maximum Gasteiger partial charge on any atom is 0.311 e. The number of nitriles is 1. The zero-order valence-electron chi connectivity index (χ0n) is 8.71. The summed E-state index contributed by atoms with van der Waals surface area (Å²) in [4.78, 5) is 14.7. The van der Waals surface area contributed by atoms with Crippen LogP contribution in [0.5, 0.6) is 0 Å². The van der Waals surface area contributed by atoms with Gasteiger partial charge >= 0.3 is 5.97 Å². The lowest BCUT2D eigenvalue weighted by molar-refractivity contribution is -0.139. The molecular formula is C10H7ClF2N2O2. The topological polar surface area (TPSA) is 63.0 Å². The molecule has 1 aromatic rings. The second-order valence-corrected chi connectivity index (χ2v) is 3.39. The zero-order chi connectivity index (χ0) is 13.0. The molecule has 1 heterocycles. The molecule has 0 unspecified atom stereocenters. The highest BCUT2D eigenvalue weighted by atomic mass is 35.5. The van der Waals surface area contributed by atoms with Gasteiger partial charge in [0.05, 0.1) is 35.4 Å². The van der Waals surface area contributed by atoms with Crippen LogP contribution in [0.25, 0.3) is 0 Å². The quantitative estimate of drug-likeness (QED) is 0.782. The van der Waals surface area contributed by atoms with E-state index in [1.54, 1.807) is 6.07 Å². The van der Waals surface area contributed by atoms with Crippen molar-refractivity contribution in [2.75, 3.05) is 7.11 Å². The van der Waals surface area contributed by atoms with Crippen LogP contribution in [0, 0.1) is 11.3 Å². The second kappa shape index (κ2) is 5.55. The third kappa shape index (κ3) is 2.88. The van der Waals surface area contributed by atoms with Crippen molar-refractivity contribution >= 4 is 17.6 Å². The van der Waals surface area contributed by atoms with Gasteiger partial charge in [-0.05, 0) is 0 Å². The van der Waals surface area contributed by atoms with Gasteiger partial charge in [0.1, 0.15) is 6.07 Å². The highest BCUT2D eigenvalue weighted by molar-refractivity contribution is 6.32. The summed E-state index contributed by atoms with van der Waals surface area (Å²) in [5.74, 6) is -0.649. The Bertz CT molecular complexity index is 486. The minimum Gasteiger partial charge on any atom is -0.469 e. The van der Waals surface area contributed by atoms with E-state index in [9.17, 15) is 13.6 Å². The van der Waals surface area contributed by atoms with Crippen LogP contribution in [0.4, 0.5) is 8.78 Å². The molecule has 0 atom stereocenters. The molecule has 1 rings (SSSR count). The number of carbonyl (C=O) groups excluding carboxylic acids is 1. The highest BCUT2D eigenvalue weighted by Crippen LogP contribution is 2.31. The third-order valence-electron chi connectivity index (χ3n) is 2.01. The minimum atomic E-state index is -2.91. The molecule has 4 nitrogen and oxygen atoms in total. The fourth-order valence-electron chi connectivity index (χ4n) is 1.18. The van der Waals surface area contributed by atoms with Gasteiger partial charge in [0.15, 0.2) is 0 Å². The first-order valence-electron chi connectivity index (χ1n) is 4.43. The summed E-state index contributed by atoms with van der Waals surface area (Å²) in [6.45, 7) is 0. The molecule has 0 saturated heterocycles. The van der Waals surface area contributed by atoms with E-state index in [0.717, 1.165) is 13.3 Å². The Labute approximate surface area is 101 Å². The summed E-state index contributed by atoms with van der Waals surface area (Å²) in [5, 5.41) is 8.27. The predicted molar refractivity (Wildman–Crippen MR) is 54.6 cm³/mol. The number of aromatic nitrogens is 1. The highest BCUT2D eigenvalue weighted by Gasteiger charge is 2.22. The van der Waals surface area contributed by atoms with E-state index >= 15 is 0 Å². The summed E-state index contributed by atoms with van der Waals surface area (Å²) >= 11 is 5.69. The van der Waals surface area contributed by atoms with Gasteiger partial charge in [-0.1, -0.05) is 11.6 Å². The molecule has 0 aliphatic rings. The molecule has 7 heteroatoms. The Kier molecular flexibility index (Phi) is 4.35. The normalized spacial score (nSPS) is 10.1. The van der Waals surface area contributed by atoms with Gasteiger partial charge in [0.2, 0.25) is 0 Å². The Morgan fingerprint density at radius 1 is 1.71 bits per heavy atom. The Morgan fingerprint density at radius 3 is 2.82 bits per heavy atom. The van der Waals surface area contributed by atoms with E-state index in [4.69, 9.17) is 16.9 Å². The van der Waals surface area contributed by atoms with Gasteiger partial charge in [-0.25, -0.2) is 8.78 Å². The number of ether oxygens (including phenoxy) is 1. The Hall–Kier alpha value is -1.74. The summed E-state index contributed by atoms with van der Waals surface area (Å²) in [7, 11) is 1.16. The molecule has 0 radical (unpaired) electrons. The summed E-state index contributed by atoms with van der Waals surface area (Å²) in [6.07, 6.45) is -2.26. The van der Waals surface area contributed by atoms with Gasteiger partial charge in [0.25, 0.3) is 6.43 Å². The van der Waals surface area contributed by atoms with Gasteiger partial charge in [0, 0.05) is 6.20 Å². The molecule has 0 amide bonds. The van der Waals surface area contributed by atoms with E-state index in [2.05, 4.69) is 9.72 Å². The number of esters is 1. The maximum atomic E-state index is 12.7. The average molecular weight is 261 g/mol. The van der Waals surface area contributed by atoms with Crippen LogP contribution >= 0.6 is 11.6 Å². The fourth-order valence-corrected chi connectivity index (χ4v) is 1.48. The molecule has 0 saturated carbocycles. The largest absolute Gasteiger partial charge is 0.469 e. The third-order valence-corrected chi connectivity index (χ3v) is 2.43. The van der Waals surface area contributed by atoms with E-state index in [1.165, 1.54) is 0 Å². The molecule has 0 spiro atoms. The van der Waals surface area contributed by atoms with Crippen molar-refractivity contribution in [1.29, 1.82) is 5.26 Å². The first-order chi connectivity index (χ1) is 8.01. The summed E-state index contributed by atoms with van der Waals surface area (Å²) in [5.41, 5.74) is -0.950. The van der Waals surface area contributed by atoms with E-state index in [0.29, 0.717) is 0 Å². The first-order valence-corrected chi connectivity index (χ1v) is 4.81. The number of nitrogens with zero attached hydrogens (tertiary/aromatic N) is 2. The van der Waals surface area contributed by atoms with Crippen molar-refractivity contribution < 1.29 is 18.3 Å². The fraction of sp³-hybridized carbons (Fsp3) is 0.300. The van der Waals surface area contributed by atoms with Crippen molar-refractivity contribution in [1.82, 2.24) is 4.98 Å². The standard InChI is InChI=1S/C10H7ClF2N2O2/c1-17-7(16)2-6-9(11)8(10(12)13)5(3-14)4-15-6/h4,10H,2H2,1H3. The molecule has 0 bridgehead atoms. The lowest BCUT2D eigenvalue weighted by Crippen LogP contribution is -2.08. The lowest BCUT2D eigenvalue weighted by Gasteiger charge is -2.09. The number of hydrogen-bond donors (Lipinski definition) is 0. The maximum absolute atomic E-state index is 12.7. The molecule has 0 fully saturated rings. The molecule has 90 valence electrons. The molecule has 0 aromatic carbocycles. The zero-order valence-corrected chi connectivity index (χ0v) is 9.46. The minimum absolute atomic E-state index is 0.0344. The van der Waals surface area contributed by atoms with Crippen LogP contribution in [0.3, 0.4) is 0 Å². The first kappa shape index (κ1) is 13.3. The van der Waals surface area contributed by atoms with E-state index in [-0.39, 0.29) is 22.7 Å². The van der Waals surface area contributed by atoms with Crippen molar-refractivity contribution in [3.63, 3.8) is 0 Å². The van der Waals surface area contributed by atoms with Gasteiger partial charge in [-0.15, -0.1) is 0 Å². The van der Waals surface area contributed by atoms with Gasteiger partial charge in [-0.3, -0.25) is 9.78 Å². The molecular weight excluding hydrogens is 254 g/mol. The number of halogens is 3. The van der Waals surface area contributed by atoms with Gasteiger partial charge < -0.3 is 4.74 Å². The number of hydrogen-bond acceptors (Lipinski definition) is 4. The molecule has 1 aromatic heterocycles. The average Bonchev–Trinajstić information content (AvgIpc) is 2.30. The SMILES string of the molecule is COC(=O)Cc1ncc(C#N)c(C(F)F)c1Cl. The van der Waals surface area contributed by atoms with Crippen LogP contribution in [0.1, 0.15) is 23.2 Å².